The van der Waals surface area contributed by atoms with Gasteiger partial charge in [0, 0.05) is 33.9 Å². The fraction of sp³-hybridized carbons (Fsp3) is 0.388. The van der Waals surface area contributed by atoms with Gasteiger partial charge in [0.2, 0.25) is 0 Å². The Balaban J connectivity index is 1.20. The molecule has 2 aliphatic heterocycles. The second-order valence-electron chi connectivity index (χ2n) is 16.3. The van der Waals surface area contributed by atoms with Gasteiger partial charge in [-0.2, -0.15) is 0 Å². The van der Waals surface area contributed by atoms with Gasteiger partial charge in [0.1, 0.15) is 23.0 Å². The van der Waals surface area contributed by atoms with Crippen molar-refractivity contribution < 1.29 is 18.9 Å². The van der Waals surface area contributed by atoms with Crippen LogP contribution in [0.4, 0.5) is 0 Å². The van der Waals surface area contributed by atoms with E-state index in [2.05, 4.69) is 85.4 Å². The number of thioether (sulfide) groups is 1. The van der Waals surface area contributed by atoms with Crippen molar-refractivity contribution in [2.24, 2.45) is 11.8 Å². The van der Waals surface area contributed by atoms with Crippen LogP contribution in [-0.4, -0.2) is 19.2 Å². The SMILES string of the molecule is COc1ccc(C2(c3ccc(OC)cc3)C=Cc3c4c(c5cc6c(cc5c3O2)SC(C2CCCCC2)(C2CCCCC2)O6)-c2ccc(C)cc2CC4)cc1. The van der Waals surface area contributed by atoms with Crippen LogP contribution in [0.1, 0.15) is 97.6 Å². The van der Waals surface area contributed by atoms with Gasteiger partial charge in [-0.1, -0.05) is 104 Å². The average molecular weight is 735 g/mol. The van der Waals surface area contributed by atoms with Gasteiger partial charge in [-0.3, -0.25) is 0 Å². The second kappa shape index (κ2) is 13.4. The minimum atomic E-state index is -0.854. The summed E-state index contributed by atoms with van der Waals surface area (Å²) in [5.74, 6) is 4.85. The third-order valence-electron chi connectivity index (χ3n) is 13.3. The predicted octanol–water partition coefficient (Wildman–Crippen LogP) is 12.6. The van der Waals surface area contributed by atoms with E-state index < -0.39 is 5.60 Å². The molecule has 276 valence electrons. The number of aryl methyl sites for hydroxylation is 2. The van der Waals surface area contributed by atoms with Crippen molar-refractivity contribution in [1.29, 1.82) is 0 Å². The van der Waals surface area contributed by atoms with Crippen LogP contribution in [0, 0.1) is 18.8 Å². The molecule has 5 aromatic rings. The monoisotopic (exact) mass is 734 g/mol. The van der Waals surface area contributed by atoms with Crippen molar-refractivity contribution in [3.8, 4) is 34.1 Å². The highest BCUT2D eigenvalue weighted by Crippen LogP contribution is 2.62. The number of benzene rings is 5. The van der Waals surface area contributed by atoms with Gasteiger partial charge in [0.15, 0.2) is 10.5 Å². The van der Waals surface area contributed by atoms with Crippen LogP contribution in [0.2, 0.25) is 0 Å². The summed E-state index contributed by atoms with van der Waals surface area (Å²) in [7, 11) is 3.43. The van der Waals surface area contributed by atoms with Crippen molar-refractivity contribution >= 4 is 28.6 Å². The largest absolute Gasteiger partial charge is 0.497 e. The molecule has 54 heavy (non-hydrogen) atoms. The fourth-order valence-electron chi connectivity index (χ4n) is 10.6. The van der Waals surface area contributed by atoms with E-state index in [1.54, 1.807) is 14.2 Å². The Morgan fingerprint density at radius 3 is 1.91 bits per heavy atom. The average Bonchev–Trinajstić information content (AvgIpc) is 3.63. The highest BCUT2D eigenvalue weighted by molar-refractivity contribution is 8.01. The third-order valence-corrected chi connectivity index (χ3v) is 14.9. The van der Waals surface area contributed by atoms with Crippen LogP contribution in [0.25, 0.3) is 28.0 Å². The molecule has 2 fully saturated rings. The highest BCUT2D eigenvalue weighted by atomic mass is 32.2. The summed E-state index contributed by atoms with van der Waals surface area (Å²) in [4.78, 5) is 1.09. The van der Waals surface area contributed by atoms with Gasteiger partial charge in [0.25, 0.3) is 0 Å². The van der Waals surface area contributed by atoms with Crippen LogP contribution in [-0.2, 0) is 18.4 Å². The van der Waals surface area contributed by atoms with Crippen molar-refractivity contribution in [3.05, 3.63) is 118 Å². The van der Waals surface area contributed by atoms with Crippen molar-refractivity contribution in [2.45, 2.75) is 99.4 Å². The molecule has 10 rings (SSSR count). The van der Waals surface area contributed by atoms with Gasteiger partial charge < -0.3 is 18.9 Å². The standard InChI is InChI=1S/C49H50O4S/c1-31-14-24-39-32(28-31)15-25-40-41-26-27-48(33-16-20-37(50-2)21-17-33,34-18-22-38(51-3)23-19-34)53-47(41)43-30-45-44(29-42(43)46(39)40)52-49(54-45,35-10-6-4-7-11-35)36-12-8-5-9-13-36/h14,16-24,26-30,35-36H,4-13,15,25H2,1-3H3. The molecular weight excluding hydrogens is 685 g/mol. The van der Waals surface area contributed by atoms with Crippen molar-refractivity contribution in [1.82, 2.24) is 0 Å². The number of hydrogen-bond acceptors (Lipinski definition) is 5. The first-order valence-electron chi connectivity index (χ1n) is 20.3. The molecule has 4 nitrogen and oxygen atoms in total. The maximum Gasteiger partial charge on any atom is 0.178 e. The van der Waals surface area contributed by atoms with Gasteiger partial charge in [-0.15, -0.1) is 0 Å². The Morgan fingerprint density at radius 2 is 1.30 bits per heavy atom. The first-order valence-corrected chi connectivity index (χ1v) is 21.1. The van der Waals surface area contributed by atoms with Gasteiger partial charge in [-0.05, 0) is 116 Å². The van der Waals surface area contributed by atoms with Crippen LogP contribution < -0.4 is 18.9 Å². The van der Waals surface area contributed by atoms with E-state index in [0.717, 1.165) is 47.0 Å². The topological polar surface area (TPSA) is 36.9 Å². The molecule has 0 unspecified atom stereocenters. The summed E-state index contributed by atoms with van der Waals surface area (Å²) >= 11 is 2.06. The molecule has 0 aromatic heterocycles. The summed E-state index contributed by atoms with van der Waals surface area (Å²) in [6.45, 7) is 2.21. The molecule has 0 saturated heterocycles. The van der Waals surface area contributed by atoms with Crippen LogP contribution in [0.5, 0.6) is 23.0 Å². The van der Waals surface area contributed by atoms with Gasteiger partial charge >= 0.3 is 0 Å². The smallest absolute Gasteiger partial charge is 0.178 e. The zero-order valence-electron chi connectivity index (χ0n) is 31.8. The van der Waals surface area contributed by atoms with Crippen LogP contribution >= 0.6 is 11.8 Å². The molecule has 0 N–H and O–H groups in total. The van der Waals surface area contributed by atoms with E-state index in [1.807, 2.05) is 24.3 Å². The molecule has 3 aliphatic carbocycles. The molecule has 5 aliphatic rings. The van der Waals surface area contributed by atoms with Crippen LogP contribution in [0.15, 0.2) is 89.8 Å². The highest BCUT2D eigenvalue weighted by Gasteiger charge is 2.53. The van der Waals surface area contributed by atoms with E-state index >= 15 is 0 Å². The minimum Gasteiger partial charge on any atom is -0.497 e. The molecule has 0 atom stereocenters. The lowest BCUT2D eigenvalue weighted by Crippen LogP contribution is -2.47. The lowest BCUT2D eigenvalue weighted by atomic mass is 9.74. The molecule has 0 bridgehead atoms. The lowest BCUT2D eigenvalue weighted by molar-refractivity contribution is 0.0132. The zero-order chi connectivity index (χ0) is 36.4. The molecule has 2 heterocycles. The summed E-state index contributed by atoms with van der Waals surface area (Å²) in [5, 5.41) is 2.41. The molecule has 5 heteroatoms. The van der Waals surface area contributed by atoms with E-state index in [1.165, 1.54) is 113 Å². The number of rotatable bonds is 6. The number of fused-ring (bicyclic) bond motifs is 9. The molecule has 5 aromatic carbocycles. The Hall–Kier alpha value is -4.35. The first kappa shape index (κ1) is 34.2. The van der Waals surface area contributed by atoms with Gasteiger partial charge in [0.05, 0.1) is 19.1 Å². The number of methoxy groups -OCH3 is 2. The normalized spacial score (nSPS) is 19.9. The summed E-state index contributed by atoms with van der Waals surface area (Å²) in [5.41, 5.74) is 9.28. The molecule has 0 radical (unpaired) electrons. The Labute approximate surface area is 324 Å². The minimum absolute atomic E-state index is 0.188. The predicted molar refractivity (Wildman–Crippen MR) is 220 cm³/mol. The maximum absolute atomic E-state index is 7.65. The molecule has 2 saturated carbocycles. The summed E-state index contributed by atoms with van der Waals surface area (Å²) in [6, 6.07) is 28.6. The Kier molecular flexibility index (Phi) is 8.50. The fourth-order valence-corrected chi connectivity index (χ4v) is 12.2. The van der Waals surface area contributed by atoms with Crippen LogP contribution in [0.3, 0.4) is 0 Å². The zero-order valence-corrected chi connectivity index (χ0v) is 32.7. The summed E-state index contributed by atoms with van der Waals surface area (Å²) < 4.78 is 26.4. The molecule has 0 spiro atoms. The number of ether oxygens (including phenoxy) is 4. The van der Waals surface area contributed by atoms with Crippen molar-refractivity contribution in [3.63, 3.8) is 0 Å². The summed E-state index contributed by atoms with van der Waals surface area (Å²) in [6.07, 6.45) is 19.7. The number of hydrogen-bond donors (Lipinski definition) is 0. The third kappa shape index (κ3) is 5.39. The van der Waals surface area contributed by atoms with E-state index in [9.17, 15) is 0 Å². The molecule has 0 amide bonds. The van der Waals surface area contributed by atoms with Crippen molar-refractivity contribution in [2.75, 3.05) is 14.2 Å². The molecular formula is C49H50O4S. The van der Waals surface area contributed by atoms with E-state index in [0.29, 0.717) is 11.8 Å². The second-order valence-corrected chi connectivity index (χ2v) is 17.6. The first-order chi connectivity index (χ1) is 26.5. The van der Waals surface area contributed by atoms with E-state index in [4.69, 9.17) is 18.9 Å². The Morgan fingerprint density at radius 1 is 0.667 bits per heavy atom. The lowest BCUT2D eigenvalue weighted by Gasteiger charge is -2.45. The van der Waals surface area contributed by atoms with E-state index in [-0.39, 0.29) is 4.93 Å². The Bertz CT molecular complexity index is 2190. The maximum atomic E-state index is 7.65. The van der Waals surface area contributed by atoms with Gasteiger partial charge in [-0.25, -0.2) is 0 Å². The quantitative estimate of drug-likeness (QED) is 0.174.